The number of allylic oxidation sites excluding steroid dienone is 8. The summed E-state index contributed by atoms with van der Waals surface area (Å²) in [6.45, 7) is 4.97. The molecule has 0 fully saturated rings. The number of hydrogen-bond acceptors (Lipinski definition) is 18. The van der Waals surface area contributed by atoms with Gasteiger partial charge in [0.25, 0.3) is 70.8 Å². The minimum Gasteiger partial charge on any atom is -0.481 e. The highest BCUT2D eigenvalue weighted by Crippen LogP contribution is 2.53. The lowest BCUT2D eigenvalue weighted by molar-refractivity contribution is -0.437. The summed E-state index contributed by atoms with van der Waals surface area (Å²) in [7, 11) is -34.5. The van der Waals surface area contributed by atoms with Gasteiger partial charge in [-0.15, -0.1) is 0 Å². The molecular formula is C54H65N4O25S7+. The number of amides is 2. The van der Waals surface area contributed by atoms with E-state index in [-0.39, 0.29) is 118 Å². The SMILES string of the molecule is CC1(C)C(/C=C/C2=CC(=C/C=C3/N(CCCS(=O)(=O)O)c4cc(S(=O)(=O)O)c5ccc(S(=O)(=O)O)cc5c4C3(C)C)/CC(C(=O)NCCCCCC(=O)O)(C(=O)NCCS(=O)(=O)O)C2)=[N+](CCCS(=O)(=O)O)c2ccc3c(S(=O)(=O)O)cc(S(=O)(=O)O)cc3c21. The molecule has 1 aliphatic carbocycles. The summed E-state index contributed by atoms with van der Waals surface area (Å²) in [6.07, 6.45) is 6.08. The summed E-state index contributed by atoms with van der Waals surface area (Å²) in [5, 5.41) is 13.7. The number of carbonyl (C=O) groups is 3. The standard InChI is InChI=1S/C54H64N4O25S7/c1-52(2)45(57(21-8-23-84(63,64)65)41-16-15-38-40(48(41)52)28-36(88(75,76)77)29-43(38)89(78,79)80)17-11-33-26-34(32-54(31-33,51(62)56-20-25-86(69,70)71)50(61)55-19-7-5-6-10-47(59)60)12-18-46-53(3,4)49-39-27-35(87(72,73)74)13-14-37(39)44(90(81,82)83)30-42(49)58(46)22-9-24-85(66,67)68/h11-18,26-30H,5-10,19-25,31-32H2,1-4H3,(H9-,55,56,59,60,61,62,63,64,65,66,67,68,69,70,71,72,73,74,75,76,77,78,79,80,81,82,83)/p+1. The van der Waals surface area contributed by atoms with Crippen molar-refractivity contribution in [3.05, 3.63) is 107 Å². The van der Waals surface area contributed by atoms with E-state index in [2.05, 4.69) is 10.6 Å². The second-order valence-electron chi connectivity index (χ2n) is 22.9. The molecule has 1 atom stereocenters. The number of carboxylic acids is 1. The molecule has 0 spiro atoms. The van der Waals surface area contributed by atoms with Gasteiger partial charge in [-0.05, 0) is 116 Å². The van der Waals surface area contributed by atoms with Crippen molar-refractivity contribution in [1.29, 1.82) is 0 Å². The fraction of sp³-hybridized carbons (Fsp3) is 0.407. The first-order valence-corrected chi connectivity index (χ1v) is 37.7. The average molecular weight is 1390 g/mol. The van der Waals surface area contributed by atoms with E-state index >= 15 is 0 Å². The number of benzene rings is 4. The predicted molar refractivity (Wildman–Crippen MR) is 326 cm³/mol. The Balaban J connectivity index is 1.50. The van der Waals surface area contributed by atoms with Crippen molar-refractivity contribution >= 4 is 127 Å². The number of anilines is 1. The van der Waals surface area contributed by atoms with Crippen LogP contribution in [0.2, 0.25) is 0 Å². The van der Waals surface area contributed by atoms with Crippen LogP contribution in [0.15, 0.2) is 115 Å². The Labute approximate surface area is 519 Å². The highest BCUT2D eigenvalue weighted by molar-refractivity contribution is 7.87. The van der Waals surface area contributed by atoms with E-state index in [1.165, 1.54) is 47.4 Å². The maximum Gasteiger partial charge on any atom is 0.303 e. The zero-order valence-corrected chi connectivity index (χ0v) is 54.1. The monoisotopic (exact) mass is 1390 g/mol. The third kappa shape index (κ3) is 16.1. The summed E-state index contributed by atoms with van der Waals surface area (Å²) in [5.74, 6) is -5.76. The Hall–Kier alpha value is -6.39. The van der Waals surface area contributed by atoms with E-state index in [1.807, 2.05) is 0 Å². The number of nitrogens with one attached hydrogen (secondary N) is 2. The number of aliphatic carboxylic acids is 1. The molecule has 0 bridgehead atoms. The molecule has 3 aliphatic rings. The minimum absolute atomic E-state index is 0.0276. The number of unbranched alkanes of at least 4 members (excludes halogenated alkanes) is 2. The van der Waals surface area contributed by atoms with E-state index in [0.717, 1.165) is 30.3 Å². The van der Waals surface area contributed by atoms with Gasteiger partial charge in [0.2, 0.25) is 17.5 Å². The van der Waals surface area contributed by atoms with E-state index in [4.69, 9.17) is 0 Å². The van der Waals surface area contributed by atoms with Gasteiger partial charge in [0, 0.05) is 77.8 Å². The van der Waals surface area contributed by atoms with Crippen molar-refractivity contribution in [3.8, 4) is 0 Å². The molecule has 29 nitrogen and oxygen atoms in total. The van der Waals surface area contributed by atoms with Crippen LogP contribution in [0.25, 0.3) is 21.5 Å². The molecule has 2 amide bonds. The number of rotatable bonds is 26. The van der Waals surface area contributed by atoms with Crippen molar-refractivity contribution in [1.82, 2.24) is 10.6 Å². The molecule has 10 N–H and O–H groups in total. The maximum absolute atomic E-state index is 15.0. The smallest absolute Gasteiger partial charge is 0.303 e. The Morgan fingerprint density at radius 3 is 1.67 bits per heavy atom. The Morgan fingerprint density at radius 1 is 0.556 bits per heavy atom. The molecule has 0 aromatic heterocycles. The van der Waals surface area contributed by atoms with E-state index in [1.54, 1.807) is 32.3 Å². The average Bonchev–Trinajstić information content (AvgIpc) is 1.53. The van der Waals surface area contributed by atoms with Gasteiger partial charge in [-0.1, -0.05) is 44.6 Å². The van der Waals surface area contributed by atoms with E-state index < -0.39 is 161 Å². The van der Waals surface area contributed by atoms with Crippen molar-refractivity contribution in [3.63, 3.8) is 0 Å². The fourth-order valence-corrected chi connectivity index (χ4v) is 15.7. The molecule has 492 valence electrons. The van der Waals surface area contributed by atoms with Crippen LogP contribution < -0.4 is 15.5 Å². The number of fused-ring (bicyclic) bond motifs is 6. The zero-order chi connectivity index (χ0) is 67.3. The predicted octanol–water partition coefficient (Wildman–Crippen LogP) is 4.55. The minimum atomic E-state index is -5.22. The second-order valence-corrected chi connectivity index (χ2v) is 33.2. The lowest BCUT2D eigenvalue weighted by Gasteiger charge is -2.35. The summed E-state index contributed by atoms with van der Waals surface area (Å²) < 4.78 is 246. The Bertz CT molecular complexity index is 4690. The molecule has 0 saturated carbocycles. The lowest BCUT2D eigenvalue weighted by Crippen LogP contribution is -2.53. The largest absolute Gasteiger partial charge is 0.481 e. The number of carbonyl (C=O) groups excluding carboxylic acids is 2. The van der Waals surface area contributed by atoms with Gasteiger partial charge in [0.05, 0.1) is 32.5 Å². The molecular weight excluding hydrogens is 1330 g/mol. The second kappa shape index (κ2) is 25.6. The molecule has 0 saturated heterocycles. The molecule has 7 rings (SSSR count). The molecule has 2 aliphatic heterocycles. The first-order chi connectivity index (χ1) is 41.2. The van der Waals surface area contributed by atoms with Gasteiger partial charge in [-0.2, -0.15) is 63.5 Å². The molecule has 2 heterocycles. The van der Waals surface area contributed by atoms with Gasteiger partial charge in [0.15, 0.2) is 5.71 Å². The van der Waals surface area contributed by atoms with Crippen molar-refractivity contribution in [2.75, 3.05) is 48.3 Å². The van der Waals surface area contributed by atoms with Crippen LogP contribution in [-0.2, 0) is 96.0 Å². The topological polar surface area (TPSA) is 482 Å². The summed E-state index contributed by atoms with van der Waals surface area (Å²) in [4.78, 5) is 39.3. The molecule has 1 unspecified atom stereocenters. The molecule has 4 aromatic carbocycles. The highest BCUT2D eigenvalue weighted by Gasteiger charge is 2.50. The summed E-state index contributed by atoms with van der Waals surface area (Å²) >= 11 is 0. The van der Waals surface area contributed by atoms with Crippen molar-refractivity contribution < 1.29 is 115 Å². The molecule has 90 heavy (non-hydrogen) atoms. The van der Waals surface area contributed by atoms with Crippen LogP contribution in [0.3, 0.4) is 0 Å². The molecule has 36 heteroatoms. The lowest BCUT2D eigenvalue weighted by atomic mass is 9.70. The van der Waals surface area contributed by atoms with Gasteiger partial charge in [0.1, 0.15) is 21.8 Å². The van der Waals surface area contributed by atoms with Crippen molar-refractivity contribution in [2.45, 2.75) is 109 Å². The number of carboxylic acid groups (broad SMARTS) is 1. The third-order valence-electron chi connectivity index (χ3n) is 15.7. The van der Waals surface area contributed by atoms with E-state index in [9.17, 15) is 110 Å². The van der Waals surface area contributed by atoms with Crippen LogP contribution in [0.1, 0.15) is 90.2 Å². The fourth-order valence-electron chi connectivity index (χ4n) is 11.8. The van der Waals surface area contributed by atoms with Gasteiger partial charge < -0.3 is 20.6 Å². The number of hydrogen-bond donors (Lipinski definition) is 10. The third-order valence-corrected chi connectivity index (χ3v) is 21.5. The van der Waals surface area contributed by atoms with Gasteiger partial charge in [-0.3, -0.25) is 46.3 Å². The number of nitrogens with zero attached hydrogens (tertiary/aromatic N) is 2. The highest BCUT2D eigenvalue weighted by atomic mass is 32.2. The van der Waals surface area contributed by atoms with Gasteiger partial charge >= 0.3 is 5.97 Å². The normalized spacial score (nSPS) is 19.0. The molecule has 0 radical (unpaired) electrons. The van der Waals surface area contributed by atoms with E-state index in [0.29, 0.717) is 12.5 Å². The quantitative estimate of drug-likeness (QED) is 0.0178. The Morgan fingerprint density at radius 2 is 1.10 bits per heavy atom. The van der Waals surface area contributed by atoms with Crippen LogP contribution in [-0.4, -0.2) is 167 Å². The zero-order valence-electron chi connectivity index (χ0n) is 48.4. The Kier molecular flexibility index (Phi) is 20.2. The summed E-state index contributed by atoms with van der Waals surface area (Å²) in [6, 6.07) is 8.09. The summed E-state index contributed by atoms with van der Waals surface area (Å²) in [5.41, 5.74) is -3.91. The first kappa shape index (κ1) is 71.1. The van der Waals surface area contributed by atoms with Crippen LogP contribution >= 0.6 is 0 Å². The molecule has 4 aromatic rings. The van der Waals surface area contributed by atoms with Crippen LogP contribution in [0.5, 0.6) is 0 Å². The first-order valence-electron chi connectivity index (χ1n) is 27.2. The van der Waals surface area contributed by atoms with Crippen LogP contribution in [0.4, 0.5) is 11.4 Å². The van der Waals surface area contributed by atoms with Crippen molar-refractivity contribution in [2.24, 2.45) is 5.41 Å². The van der Waals surface area contributed by atoms with Gasteiger partial charge in [-0.25, -0.2) is 0 Å². The van der Waals surface area contributed by atoms with Crippen LogP contribution in [0, 0.1) is 5.41 Å². The maximum atomic E-state index is 15.0.